The van der Waals surface area contributed by atoms with Crippen molar-refractivity contribution < 1.29 is 9.53 Å². The maximum Gasteiger partial charge on any atom is 0.248 e. The maximum absolute atomic E-state index is 11.4. The highest BCUT2D eigenvalue weighted by atomic mass is 35.5. The van der Waals surface area contributed by atoms with Gasteiger partial charge in [-0.15, -0.1) is 12.4 Å². The Morgan fingerprint density at radius 3 is 2.52 bits per heavy atom. The van der Waals surface area contributed by atoms with Gasteiger partial charge in [0, 0.05) is 18.2 Å². The lowest BCUT2D eigenvalue weighted by molar-refractivity contribution is 0.100. The molecule has 3 N–H and O–H groups in total. The van der Waals surface area contributed by atoms with E-state index in [0.717, 1.165) is 36.3 Å². The van der Waals surface area contributed by atoms with Crippen LogP contribution in [0.25, 0.3) is 11.1 Å². The summed E-state index contributed by atoms with van der Waals surface area (Å²) in [7, 11) is 1.73. The fourth-order valence-electron chi connectivity index (χ4n) is 3.88. The normalized spacial score (nSPS) is 14.7. The molecule has 0 bridgehead atoms. The van der Waals surface area contributed by atoms with Gasteiger partial charge in [0.15, 0.2) is 0 Å². The second-order valence-corrected chi connectivity index (χ2v) is 7.23. The number of methoxy groups -OCH3 is 1. The molecule has 5 heteroatoms. The van der Waals surface area contributed by atoms with Gasteiger partial charge in [0.25, 0.3) is 0 Å². The zero-order valence-electron chi connectivity index (χ0n) is 16.4. The Bertz CT molecular complexity index is 1000. The van der Waals surface area contributed by atoms with Crippen LogP contribution >= 0.6 is 12.4 Å². The third-order valence-electron chi connectivity index (χ3n) is 5.40. The number of fused-ring (bicyclic) bond motifs is 1. The topological polar surface area (TPSA) is 64.3 Å². The van der Waals surface area contributed by atoms with Crippen molar-refractivity contribution >= 4 is 18.3 Å². The molecule has 4 rings (SSSR count). The van der Waals surface area contributed by atoms with Gasteiger partial charge in [-0.2, -0.15) is 0 Å². The van der Waals surface area contributed by atoms with Gasteiger partial charge in [-0.3, -0.25) is 4.79 Å². The smallest absolute Gasteiger partial charge is 0.248 e. The molecule has 0 radical (unpaired) electrons. The molecule has 0 fully saturated rings. The predicted octanol–water partition coefficient (Wildman–Crippen LogP) is 4.14. The van der Waals surface area contributed by atoms with E-state index in [1.165, 1.54) is 16.7 Å². The zero-order valence-corrected chi connectivity index (χ0v) is 17.2. The number of carbonyl (C=O) groups is 1. The summed E-state index contributed by atoms with van der Waals surface area (Å²) in [5.41, 5.74) is 11.9. The monoisotopic (exact) mass is 408 g/mol. The highest BCUT2D eigenvalue weighted by molar-refractivity contribution is 5.94. The summed E-state index contributed by atoms with van der Waals surface area (Å²) in [6, 6.07) is 22.6. The van der Waals surface area contributed by atoms with Crippen LogP contribution in [0.15, 0.2) is 66.7 Å². The van der Waals surface area contributed by atoms with Gasteiger partial charge in [-0.05, 0) is 58.9 Å². The lowest BCUT2D eigenvalue weighted by Crippen LogP contribution is -2.28. The number of rotatable bonds is 6. The van der Waals surface area contributed by atoms with Crippen LogP contribution in [-0.4, -0.2) is 19.1 Å². The van der Waals surface area contributed by atoms with Crippen LogP contribution in [0.2, 0.25) is 0 Å². The predicted molar refractivity (Wildman–Crippen MR) is 119 cm³/mol. The van der Waals surface area contributed by atoms with E-state index in [-0.39, 0.29) is 12.4 Å². The number of nitrogens with one attached hydrogen (secondary N) is 1. The molecule has 3 aromatic carbocycles. The number of ether oxygens (including phenoxy) is 1. The Balaban J connectivity index is 0.00000240. The number of primary amides is 1. The number of carbonyl (C=O) groups excluding carboxylic acids is 1. The van der Waals surface area contributed by atoms with E-state index in [0.29, 0.717) is 11.6 Å². The largest absolute Gasteiger partial charge is 0.496 e. The highest BCUT2D eigenvalue weighted by Crippen LogP contribution is 2.30. The molecular formula is C24H25ClN2O2. The zero-order chi connectivity index (χ0) is 19.5. The van der Waals surface area contributed by atoms with Gasteiger partial charge < -0.3 is 15.8 Å². The van der Waals surface area contributed by atoms with E-state index in [9.17, 15) is 4.79 Å². The van der Waals surface area contributed by atoms with Crippen molar-refractivity contribution in [3.63, 3.8) is 0 Å². The third kappa shape index (κ3) is 4.61. The third-order valence-corrected chi connectivity index (χ3v) is 5.40. The summed E-state index contributed by atoms with van der Waals surface area (Å²) >= 11 is 0. The van der Waals surface area contributed by atoms with Gasteiger partial charge in [0.1, 0.15) is 5.75 Å². The minimum atomic E-state index is -0.406. The Morgan fingerprint density at radius 1 is 1.03 bits per heavy atom. The minimum Gasteiger partial charge on any atom is -0.496 e. The van der Waals surface area contributed by atoms with Crippen molar-refractivity contribution in [2.45, 2.75) is 25.4 Å². The molecule has 3 aromatic rings. The second-order valence-electron chi connectivity index (χ2n) is 7.23. The van der Waals surface area contributed by atoms with Gasteiger partial charge in [-0.25, -0.2) is 0 Å². The molecule has 1 aliphatic carbocycles. The van der Waals surface area contributed by atoms with Crippen LogP contribution in [0.4, 0.5) is 0 Å². The average Bonchev–Trinajstić information content (AvgIpc) is 3.16. The Kier molecular flexibility index (Phi) is 6.57. The standard InChI is InChI=1S/C24H24N2O2.ClH/c1-28-23-7-3-5-19-13-21(14-22(19)23)26-15-16-8-10-17(11-9-16)18-4-2-6-20(12-18)24(25)27;/h2-12,21,26H,13-15H2,1H3,(H2,25,27);1H. The first-order valence-corrected chi connectivity index (χ1v) is 9.51. The molecule has 1 amide bonds. The number of halogens is 1. The Labute approximate surface area is 177 Å². The van der Waals surface area contributed by atoms with E-state index in [1.807, 2.05) is 24.3 Å². The van der Waals surface area contributed by atoms with Crippen LogP contribution in [0.5, 0.6) is 5.75 Å². The molecule has 0 saturated heterocycles. The van der Waals surface area contributed by atoms with Crippen LogP contribution < -0.4 is 15.8 Å². The fourth-order valence-corrected chi connectivity index (χ4v) is 3.88. The number of amides is 1. The molecule has 150 valence electrons. The summed E-state index contributed by atoms with van der Waals surface area (Å²) in [5.74, 6) is 0.584. The molecule has 0 saturated carbocycles. The molecule has 0 heterocycles. The van der Waals surface area contributed by atoms with E-state index in [2.05, 4.69) is 41.7 Å². The van der Waals surface area contributed by atoms with Crippen molar-refractivity contribution in [2.75, 3.05) is 7.11 Å². The molecule has 0 spiro atoms. The van der Waals surface area contributed by atoms with Gasteiger partial charge in [0.2, 0.25) is 5.91 Å². The van der Waals surface area contributed by atoms with Crippen molar-refractivity contribution in [3.05, 3.63) is 89.0 Å². The van der Waals surface area contributed by atoms with Crippen LogP contribution in [0, 0.1) is 0 Å². The SMILES string of the molecule is COc1cccc2c1CC(NCc1ccc(-c3cccc(C(N)=O)c3)cc1)C2.Cl. The molecule has 4 nitrogen and oxygen atoms in total. The summed E-state index contributed by atoms with van der Waals surface area (Å²) in [4.78, 5) is 11.4. The Morgan fingerprint density at radius 2 is 1.79 bits per heavy atom. The van der Waals surface area contributed by atoms with E-state index < -0.39 is 5.91 Å². The maximum atomic E-state index is 11.4. The molecule has 0 aromatic heterocycles. The van der Waals surface area contributed by atoms with Crippen molar-refractivity contribution in [2.24, 2.45) is 5.73 Å². The van der Waals surface area contributed by atoms with E-state index >= 15 is 0 Å². The first-order valence-electron chi connectivity index (χ1n) is 9.51. The number of benzene rings is 3. The average molecular weight is 409 g/mol. The molecule has 0 aliphatic heterocycles. The first-order chi connectivity index (χ1) is 13.6. The quantitative estimate of drug-likeness (QED) is 0.644. The number of nitrogens with two attached hydrogens (primary N) is 1. The summed E-state index contributed by atoms with van der Waals surface area (Å²) in [6.45, 7) is 0.822. The van der Waals surface area contributed by atoms with Crippen LogP contribution in [-0.2, 0) is 19.4 Å². The summed E-state index contributed by atoms with van der Waals surface area (Å²) < 4.78 is 5.49. The van der Waals surface area contributed by atoms with Crippen molar-refractivity contribution in [1.82, 2.24) is 5.32 Å². The minimum absolute atomic E-state index is 0. The van der Waals surface area contributed by atoms with Crippen LogP contribution in [0.1, 0.15) is 27.0 Å². The lowest BCUT2D eigenvalue weighted by Gasteiger charge is -2.13. The van der Waals surface area contributed by atoms with Crippen molar-refractivity contribution in [3.8, 4) is 16.9 Å². The highest BCUT2D eigenvalue weighted by Gasteiger charge is 2.23. The summed E-state index contributed by atoms with van der Waals surface area (Å²) in [6.07, 6.45) is 2.03. The van der Waals surface area contributed by atoms with Gasteiger partial charge in [0.05, 0.1) is 7.11 Å². The number of hydrogen-bond donors (Lipinski definition) is 2. The summed E-state index contributed by atoms with van der Waals surface area (Å²) in [5, 5.41) is 3.66. The molecule has 1 aliphatic rings. The molecule has 1 atom stereocenters. The van der Waals surface area contributed by atoms with E-state index in [4.69, 9.17) is 10.5 Å². The Hall–Kier alpha value is -2.82. The van der Waals surface area contributed by atoms with Gasteiger partial charge >= 0.3 is 0 Å². The fraction of sp³-hybridized carbons (Fsp3) is 0.208. The van der Waals surface area contributed by atoms with Crippen LogP contribution in [0.3, 0.4) is 0 Å². The van der Waals surface area contributed by atoms with Gasteiger partial charge in [-0.1, -0.05) is 48.5 Å². The number of hydrogen-bond acceptors (Lipinski definition) is 3. The van der Waals surface area contributed by atoms with Crippen molar-refractivity contribution in [1.29, 1.82) is 0 Å². The van der Waals surface area contributed by atoms with E-state index in [1.54, 1.807) is 13.2 Å². The second kappa shape index (κ2) is 9.12. The molecular weight excluding hydrogens is 384 g/mol. The first kappa shape index (κ1) is 20.9. The molecule has 29 heavy (non-hydrogen) atoms. The lowest BCUT2D eigenvalue weighted by atomic mass is 10.0. The molecule has 1 unspecified atom stereocenters.